The average Bonchev–Trinajstić information content (AvgIpc) is 2.38. The second kappa shape index (κ2) is 6.29. The smallest absolute Gasteiger partial charge is 0.306 e. The molecule has 0 spiro atoms. The van der Waals surface area contributed by atoms with Crippen LogP contribution in [0, 0.1) is 11.7 Å². The first-order valence-corrected chi connectivity index (χ1v) is 8.36. The van der Waals surface area contributed by atoms with Crippen LogP contribution in [0.2, 0.25) is 5.02 Å². The number of nitrogens with one attached hydrogen (secondary N) is 1. The normalized spacial score (nSPS) is 23.0. The van der Waals surface area contributed by atoms with Crippen molar-refractivity contribution in [2.45, 2.75) is 36.6 Å². The number of rotatable bonds is 4. The van der Waals surface area contributed by atoms with Crippen molar-refractivity contribution in [2.75, 3.05) is 0 Å². The number of benzene rings is 1. The van der Waals surface area contributed by atoms with E-state index in [1.165, 1.54) is 6.07 Å². The molecule has 1 aromatic carbocycles. The molecule has 21 heavy (non-hydrogen) atoms. The number of carbonyl (C=O) groups is 1. The van der Waals surface area contributed by atoms with Gasteiger partial charge >= 0.3 is 5.97 Å². The van der Waals surface area contributed by atoms with Crippen molar-refractivity contribution in [2.24, 2.45) is 5.92 Å². The van der Waals surface area contributed by atoms with Crippen LogP contribution in [0.4, 0.5) is 4.39 Å². The van der Waals surface area contributed by atoms with Crippen molar-refractivity contribution in [3.63, 3.8) is 0 Å². The van der Waals surface area contributed by atoms with Crippen LogP contribution in [0.25, 0.3) is 0 Å². The van der Waals surface area contributed by atoms with Gasteiger partial charge in [0, 0.05) is 11.1 Å². The fraction of sp³-hybridized carbons (Fsp3) is 0.462. The lowest BCUT2D eigenvalue weighted by Gasteiger charge is -2.26. The third kappa shape index (κ3) is 3.93. The molecule has 0 aromatic heterocycles. The minimum absolute atomic E-state index is 0.119. The molecule has 1 aliphatic rings. The predicted molar refractivity (Wildman–Crippen MR) is 75.1 cm³/mol. The lowest BCUT2D eigenvalue weighted by atomic mass is 9.87. The highest BCUT2D eigenvalue weighted by Gasteiger charge is 2.29. The van der Waals surface area contributed by atoms with Gasteiger partial charge in [-0.3, -0.25) is 4.79 Å². The van der Waals surface area contributed by atoms with Crippen molar-refractivity contribution in [1.29, 1.82) is 0 Å². The third-order valence-electron chi connectivity index (χ3n) is 3.58. The molecule has 0 unspecified atom stereocenters. The lowest BCUT2D eigenvalue weighted by Crippen LogP contribution is -2.38. The van der Waals surface area contributed by atoms with Crippen LogP contribution in [-0.2, 0) is 14.8 Å². The number of carboxylic acid groups (broad SMARTS) is 1. The van der Waals surface area contributed by atoms with Gasteiger partial charge in [0.1, 0.15) is 10.7 Å². The highest BCUT2D eigenvalue weighted by Crippen LogP contribution is 2.26. The monoisotopic (exact) mass is 335 g/mol. The van der Waals surface area contributed by atoms with Crippen LogP contribution >= 0.6 is 11.6 Å². The van der Waals surface area contributed by atoms with Crippen molar-refractivity contribution < 1.29 is 22.7 Å². The fourth-order valence-corrected chi connectivity index (χ4v) is 3.96. The van der Waals surface area contributed by atoms with Gasteiger partial charge in [-0.25, -0.2) is 17.5 Å². The summed E-state index contributed by atoms with van der Waals surface area (Å²) < 4.78 is 40.4. The Labute approximate surface area is 127 Å². The SMILES string of the molecule is O=C(O)C1CCC(NS(=O)(=O)c2ccc(Cl)cc2F)CC1. The van der Waals surface area contributed by atoms with E-state index in [0.717, 1.165) is 12.1 Å². The quantitative estimate of drug-likeness (QED) is 0.885. The largest absolute Gasteiger partial charge is 0.481 e. The minimum atomic E-state index is -3.98. The van der Waals surface area contributed by atoms with Crippen LogP contribution < -0.4 is 4.72 Å². The maximum atomic E-state index is 13.7. The molecule has 1 saturated carbocycles. The molecule has 2 rings (SSSR count). The maximum Gasteiger partial charge on any atom is 0.306 e. The highest BCUT2D eigenvalue weighted by molar-refractivity contribution is 7.89. The summed E-state index contributed by atoms with van der Waals surface area (Å²) in [7, 11) is -3.98. The van der Waals surface area contributed by atoms with Gasteiger partial charge in [0.25, 0.3) is 0 Å². The Morgan fingerprint density at radius 1 is 1.29 bits per heavy atom. The zero-order valence-electron chi connectivity index (χ0n) is 11.1. The zero-order valence-corrected chi connectivity index (χ0v) is 12.6. The molecule has 0 bridgehead atoms. The Balaban J connectivity index is 2.07. The Hall–Kier alpha value is -1.18. The molecule has 116 valence electrons. The molecular weight excluding hydrogens is 321 g/mol. The van der Waals surface area contributed by atoms with E-state index in [-0.39, 0.29) is 11.1 Å². The molecule has 0 atom stereocenters. The Morgan fingerprint density at radius 3 is 2.43 bits per heavy atom. The highest BCUT2D eigenvalue weighted by atomic mass is 35.5. The number of hydrogen-bond donors (Lipinski definition) is 2. The molecule has 0 aliphatic heterocycles. The van der Waals surface area contributed by atoms with Crippen LogP contribution in [0.3, 0.4) is 0 Å². The van der Waals surface area contributed by atoms with Crippen LogP contribution in [0.5, 0.6) is 0 Å². The predicted octanol–water partition coefficient (Wildman–Crippen LogP) is 2.40. The summed E-state index contributed by atoms with van der Waals surface area (Å²) in [5, 5.41) is 9.02. The first-order valence-electron chi connectivity index (χ1n) is 6.50. The van der Waals surface area contributed by atoms with Crippen molar-refractivity contribution in [1.82, 2.24) is 4.72 Å². The van der Waals surface area contributed by atoms with E-state index >= 15 is 0 Å². The molecule has 0 amide bonds. The molecule has 5 nitrogen and oxygen atoms in total. The van der Waals surface area contributed by atoms with Crippen molar-refractivity contribution >= 4 is 27.6 Å². The van der Waals surface area contributed by atoms with Gasteiger partial charge in [-0.15, -0.1) is 0 Å². The second-order valence-electron chi connectivity index (χ2n) is 5.08. The first-order chi connectivity index (χ1) is 9.79. The van der Waals surface area contributed by atoms with Gasteiger partial charge in [-0.2, -0.15) is 0 Å². The molecule has 0 radical (unpaired) electrons. The van der Waals surface area contributed by atoms with Gasteiger partial charge in [0.2, 0.25) is 10.0 Å². The Morgan fingerprint density at radius 2 is 1.90 bits per heavy atom. The summed E-state index contributed by atoms with van der Waals surface area (Å²) in [5.74, 6) is -2.20. The summed E-state index contributed by atoms with van der Waals surface area (Å²) in [6.45, 7) is 0. The number of aliphatic carboxylic acids is 1. The van der Waals surface area contributed by atoms with Crippen molar-refractivity contribution in [3.8, 4) is 0 Å². The summed E-state index contributed by atoms with van der Waals surface area (Å²) in [5.41, 5.74) is 0. The van der Waals surface area contributed by atoms with Gasteiger partial charge in [-0.1, -0.05) is 11.6 Å². The van der Waals surface area contributed by atoms with E-state index in [9.17, 15) is 17.6 Å². The number of halogens is 2. The van der Waals surface area contributed by atoms with E-state index in [1.807, 2.05) is 0 Å². The summed E-state index contributed by atoms with van der Waals surface area (Å²) in [6, 6.07) is 2.99. The van der Waals surface area contributed by atoms with E-state index in [2.05, 4.69) is 4.72 Å². The number of carboxylic acids is 1. The maximum absolute atomic E-state index is 13.7. The van der Waals surface area contributed by atoms with Crippen LogP contribution in [-0.4, -0.2) is 25.5 Å². The number of sulfonamides is 1. The Kier molecular flexibility index (Phi) is 4.85. The van der Waals surface area contributed by atoms with Gasteiger partial charge in [0.15, 0.2) is 0 Å². The van der Waals surface area contributed by atoms with Crippen LogP contribution in [0.1, 0.15) is 25.7 Å². The van der Waals surface area contributed by atoms with E-state index in [0.29, 0.717) is 25.7 Å². The topological polar surface area (TPSA) is 83.5 Å². The van der Waals surface area contributed by atoms with Crippen molar-refractivity contribution in [3.05, 3.63) is 29.0 Å². The lowest BCUT2D eigenvalue weighted by molar-refractivity contribution is -0.142. The third-order valence-corrected chi connectivity index (χ3v) is 5.37. The van der Waals surface area contributed by atoms with Gasteiger partial charge in [0.05, 0.1) is 5.92 Å². The van der Waals surface area contributed by atoms with E-state index in [4.69, 9.17) is 16.7 Å². The summed E-state index contributed by atoms with van der Waals surface area (Å²) in [6.07, 6.45) is 1.66. The molecule has 8 heteroatoms. The molecule has 1 fully saturated rings. The molecular formula is C13H15ClFNO4S. The van der Waals surface area contributed by atoms with E-state index < -0.39 is 32.6 Å². The second-order valence-corrected chi connectivity index (χ2v) is 7.20. The fourth-order valence-electron chi connectivity index (χ4n) is 2.43. The minimum Gasteiger partial charge on any atom is -0.481 e. The average molecular weight is 336 g/mol. The van der Waals surface area contributed by atoms with Gasteiger partial charge in [-0.05, 0) is 43.9 Å². The zero-order chi connectivity index (χ0) is 15.6. The summed E-state index contributed by atoms with van der Waals surface area (Å²) >= 11 is 5.59. The molecule has 0 saturated heterocycles. The molecule has 1 aliphatic carbocycles. The van der Waals surface area contributed by atoms with Crippen LogP contribution in [0.15, 0.2) is 23.1 Å². The number of hydrogen-bond acceptors (Lipinski definition) is 3. The molecule has 0 heterocycles. The first kappa shape index (κ1) is 16.2. The van der Waals surface area contributed by atoms with E-state index in [1.54, 1.807) is 0 Å². The Bertz CT molecular complexity index is 642. The molecule has 1 aromatic rings. The van der Waals surface area contributed by atoms with Gasteiger partial charge < -0.3 is 5.11 Å². The summed E-state index contributed by atoms with van der Waals surface area (Å²) in [4.78, 5) is 10.4. The standard InChI is InChI=1S/C13H15ClFNO4S/c14-9-3-6-12(11(15)7-9)21(19,20)16-10-4-1-8(2-5-10)13(17)18/h3,6-8,10,16H,1-2,4-5H2,(H,17,18). The molecule has 2 N–H and O–H groups in total.